The quantitative estimate of drug-likeness (QED) is 0.926. The van der Waals surface area contributed by atoms with Crippen LogP contribution in [0.2, 0.25) is 4.34 Å². The highest BCUT2D eigenvalue weighted by atomic mass is 35.5. The van der Waals surface area contributed by atoms with Crippen molar-refractivity contribution in [2.75, 3.05) is 20.1 Å². The third-order valence-electron chi connectivity index (χ3n) is 4.00. The Morgan fingerprint density at radius 2 is 2.05 bits per heavy atom. The first-order valence-corrected chi connectivity index (χ1v) is 7.99. The summed E-state index contributed by atoms with van der Waals surface area (Å²) in [5.74, 6) is -0.781. The van der Waals surface area contributed by atoms with Crippen molar-refractivity contribution in [3.8, 4) is 0 Å². The van der Waals surface area contributed by atoms with Gasteiger partial charge in [0.2, 0.25) is 0 Å². The molecule has 1 aliphatic rings. The van der Waals surface area contributed by atoms with Gasteiger partial charge in [-0.3, -0.25) is 4.79 Å². The van der Waals surface area contributed by atoms with Gasteiger partial charge >= 0.3 is 12.0 Å². The molecule has 0 bridgehead atoms. The van der Waals surface area contributed by atoms with Crippen molar-refractivity contribution in [2.24, 2.45) is 5.41 Å². The number of carboxylic acids is 1. The number of hydrogen-bond donors (Lipinski definition) is 1. The van der Waals surface area contributed by atoms with E-state index < -0.39 is 11.4 Å². The summed E-state index contributed by atoms with van der Waals surface area (Å²) in [7, 11) is 1.75. The zero-order valence-electron chi connectivity index (χ0n) is 12.1. The van der Waals surface area contributed by atoms with E-state index >= 15 is 0 Å². The lowest BCUT2D eigenvalue weighted by molar-refractivity contribution is -0.150. The average molecular weight is 331 g/mol. The van der Waals surface area contributed by atoms with Gasteiger partial charge in [0.1, 0.15) is 0 Å². The molecular formula is C14H19ClN2O3S. The van der Waals surface area contributed by atoms with Crippen molar-refractivity contribution in [1.29, 1.82) is 0 Å². The summed E-state index contributed by atoms with van der Waals surface area (Å²) in [4.78, 5) is 28.0. The number of urea groups is 1. The molecule has 0 aromatic carbocycles. The van der Waals surface area contributed by atoms with Crippen LogP contribution in [0.4, 0.5) is 4.79 Å². The number of carboxylic acid groups (broad SMARTS) is 1. The number of rotatable bonds is 3. The van der Waals surface area contributed by atoms with Gasteiger partial charge in [-0.05, 0) is 31.9 Å². The Bertz CT molecular complexity index is 538. The molecule has 0 aliphatic carbocycles. The number of carbonyl (C=O) groups is 2. The van der Waals surface area contributed by atoms with Gasteiger partial charge in [-0.25, -0.2) is 4.79 Å². The predicted molar refractivity (Wildman–Crippen MR) is 82.7 cm³/mol. The van der Waals surface area contributed by atoms with Gasteiger partial charge in [-0.15, -0.1) is 11.3 Å². The van der Waals surface area contributed by atoms with E-state index in [1.165, 1.54) is 11.3 Å². The van der Waals surface area contributed by atoms with E-state index in [2.05, 4.69) is 0 Å². The van der Waals surface area contributed by atoms with Gasteiger partial charge in [0.05, 0.1) is 16.3 Å². The van der Waals surface area contributed by atoms with E-state index in [1.54, 1.807) is 23.8 Å². The maximum Gasteiger partial charge on any atom is 0.320 e. The summed E-state index contributed by atoms with van der Waals surface area (Å²) in [5, 5.41) is 9.20. The van der Waals surface area contributed by atoms with E-state index in [4.69, 9.17) is 11.6 Å². The molecule has 1 aromatic rings. The van der Waals surface area contributed by atoms with Crippen LogP contribution in [0.1, 0.15) is 24.6 Å². The standard InChI is InChI=1S/C14H19ClN2O3S/c1-14(12(18)19)5-7-17(8-6-14)13(20)16(2)9-10-3-4-11(15)21-10/h3-4H,5-9H2,1-2H3,(H,18,19). The third kappa shape index (κ3) is 3.68. The van der Waals surface area contributed by atoms with Crippen LogP contribution in [0.25, 0.3) is 0 Å². The summed E-state index contributed by atoms with van der Waals surface area (Å²) in [6, 6.07) is 3.67. The van der Waals surface area contributed by atoms with Crippen LogP contribution in [0.3, 0.4) is 0 Å². The monoisotopic (exact) mass is 330 g/mol. The van der Waals surface area contributed by atoms with Crippen LogP contribution < -0.4 is 0 Å². The largest absolute Gasteiger partial charge is 0.481 e. The number of nitrogens with zero attached hydrogens (tertiary/aromatic N) is 2. The number of amides is 2. The molecule has 2 rings (SSSR count). The minimum atomic E-state index is -0.781. The van der Waals surface area contributed by atoms with Crippen molar-refractivity contribution >= 4 is 34.9 Å². The van der Waals surface area contributed by atoms with Crippen LogP contribution in [0, 0.1) is 5.41 Å². The molecule has 1 fully saturated rings. The first kappa shape index (κ1) is 16.1. The highest BCUT2D eigenvalue weighted by Crippen LogP contribution is 2.31. The van der Waals surface area contributed by atoms with Gasteiger partial charge < -0.3 is 14.9 Å². The van der Waals surface area contributed by atoms with E-state index in [0.29, 0.717) is 36.8 Å². The molecule has 2 heterocycles. The van der Waals surface area contributed by atoms with Crippen molar-refractivity contribution in [2.45, 2.75) is 26.3 Å². The smallest absolute Gasteiger partial charge is 0.320 e. The Morgan fingerprint density at radius 1 is 1.43 bits per heavy atom. The van der Waals surface area contributed by atoms with Crippen LogP contribution in [-0.2, 0) is 11.3 Å². The fourth-order valence-electron chi connectivity index (χ4n) is 2.38. The molecule has 21 heavy (non-hydrogen) atoms. The van der Waals surface area contributed by atoms with Crippen molar-refractivity contribution in [3.63, 3.8) is 0 Å². The number of thiophene rings is 1. The molecule has 0 spiro atoms. The minimum Gasteiger partial charge on any atom is -0.481 e. The summed E-state index contributed by atoms with van der Waals surface area (Å²) in [6.45, 7) is 3.23. The molecule has 5 nitrogen and oxygen atoms in total. The van der Waals surface area contributed by atoms with Crippen LogP contribution >= 0.6 is 22.9 Å². The lowest BCUT2D eigenvalue weighted by Gasteiger charge is -2.38. The molecule has 0 unspecified atom stereocenters. The molecule has 0 saturated carbocycles. The fourth-order valence-corrected chi connectivity index (χ4v) is 3.53. The van der Waals surface area contributed by atoms with Crippen molar-refractivity contribution < 1.29 is 14.7 Å². The summed E-state index contributed by atoms with van der Waals surface area (Å²) in [5.41, 5.74) is -0.712. The third-order valence-corrected chi connectivity index (χ3v) is 5.22. The van der Waals surface area contributed by atoms with E-state index in [-0.39, 0.29) is 6.03 Å². The molecule has 1 aromatic heterocycles. The molecular weight excluding hydrogens is 312 g/mol. The van der Waals surface area contributed by atoms with Gasteiger partial charge in [-0.1, -0.05) is 11.6 Å². The Hall–Kier alpha value is -1.27. The topological polar surface area (TPSA) is 60.9 Å². The summed E-state index contributed by atoms with van der Waals surface area (Å²) in [6.07, 6.45) is 0.986. The zero-order chi connectivity index (χ0) is 15.6. The van der Waals surface area contributed by atoms with E-state index in [1.807, 2.05) is 12.1 Å². The second-order valence-electron chi connectivity index (χ2n) is 5.70. The fraction of sp³-hybridized carbons (Fsp3) is 0.571. The lowest BCUT2D eigenvalue weighted by Crippen LogP contribution is -2.48. The maximum absolute atomic E-state index is 12.4. The average Bonchev–Trinajstić information content (AvgIpc) is 2.84. The van der Waals surface area contributed by atoms with Crippen LogP contribution in [0.5, 0.6) is 0 Å². The number of carbonyl (C=O) groups excluding carboxylic acids is 1. The first-order valence-electron chi connectivity index (χ1n) is 6.79. The molecule has 2 amide bonds. The zero-order valence-corrected chi connectivity index (χ0v) is 13.7. The highest BCUT2D eigenvalue weighted by Gasteiger charge is 2.38. The SMILES string of the molecule is CN(Cc1ccc(Cl)s1)C(=O)N1CCC(C)(C(=O)O)CC1. The predicted octanol–water partition coefficient (Wildman–Crippen LogP) is 3.14. The normalized spacial score (nSPS) is 17.6. The Labute approximate surface area is 133 Å². The Morgan fingerprint density at radius 3 is 2.52 bits per heavy atom. The van der Waals surface area contributed by atoms with Gasteiger partial charge in [0.25, 0.3) is 0 Å². The molecule has 1 N–H and O–H groups in total. The first-order chi connectivity index (χ1) is 9.82. The molecule has 0 atom stereocenters. The van der Waals surface area contributed by atoms with Crippen LogP contribution in [0.15, 0.2) is 12.1 Å². The lowest BCUT2D eigenvalue weighted by atomic mass is 9.80. The van der Waals surface area contributed by atoms with Gasteiger partial charge in [0, 0.05) is 25.0 Å². The van der Waals surface area contributed by atoms with Crippen molar-refractivity contribution in [3.05, 3.63) is 21.3 Å². The Kier molecular flexibility index (Phi) is 4.78. The van der Waals surface area contributed by atoms with E-state index in [9.17, 15) is 14.7 Å². The summed E-state index contributed by atoms with van der Waals surface area (Å²) < 4.78 is 0.709. The number of likely N-dealkylation sites (tertiary alicyclic amines) is 1. The van der Waals surface area contributed by atoms with Crippen molar-refractivity contribution in [1.82, 2.24) is 9.80 Å². The number of piperidine rings is 1. The minimum absolute atomic E-state index is 0.0630. The molecule has 7 heteroatoms. The van der Waals surface area contributed by atoms with Gasteiger partial charge in [-0.2, -0.15) is 0 Å². The highest BCUT2D eigenvalue weighted by molar-refractivity contribution is 7.16. The second-order valence-corrected chi connectivity index (χ2v) is 7.50. The Balaban J connectivity index is 1.91. The van der Waals surface area contributed by atoms with Crippen LogP contribution in [-0.4, -0.2) is 47.0 Å². The van der Waals surface area contributed by atoms with E-state index in [0.717, 1.165) is 4.88 Å². The number of hydrogen-bond acceptors (Lipinski definition) is 3. The molecule has 0 radical (unpaired) electrons. The molecule has 116 valence electrons. The van der Waals surface area contributed by atoms with Gasteiger partial charge in [0.15, 0.2) is 0 Å². The number of aliphatic carboxylic acids is 1. The maximum atomic E-state index is 12.4. The summed E-state index contributed by atoms with van der Waals surface area (Å²) >= 11 is 7.34. The molecule has 1 saturated heterocycles. The number of halogens is 1. The molecule has 1 aliphatic heterocycles. The second kappa shape index (κ2) is 6.23.